The van der Waals surface area contributed by atoms with Crippen LogP contribution in [0.4, 0.5) is 5.69 Å². The molecule has 0 saturated carbocycles. The van der Waals surface area contributed by atoms with Gasteiger partial charge in [0.25, 0.3) is 0 Å². The highest BCUT2D eigenvalue weighted by molar-refractivity contribution is 5.56. The van der Waals surface area contributed by atoms with E-state index in [1.54, 1.807) is 29.3 Å². The lowest BCUT2D eigenvalue weighted by molar-refractivity contribution is 0.475. The molecule has 0 spiro atoms. The fourth-order valence-corrected chi connectivity index (χ4v) is 1.85. The van der Waals surface area contributed by atoms with E-state index in [1.165, 1.54) is 6.33 Å². The first-order valence-corrected chi connectivity index (χ1v) is 6.15. The Morgan fingerprint density at radius 2 is 2.00 bits per heavy atom. The predicted octanol–water partition coefficient (Wildman–Crippen LogP) is 1.98. The number of aromatic nitrogens is 4. The first kappa shape index (κ1) is 12.2. The number of aromatic hydroxyl groups is 1. The molecule has 2 heterocycles. The molecule has 0 saturated heterocycles. The standard InChI is InChI=1S/C14H13N5O/c20-12-5-3-11(4-6-12)8-17-13-2-1-7-16-14(13)19-10-15-9-18-19/h1-7,9-10,17,20H,8H2. The Bertz CT molecular complexity index is 679. The summed E-state index contributed by atoms with van der Waals surface area (Å²) in [5, 5.41) is 16.7. The molecule has 6 nitrogen and oxygen atoms in total. The molecule has 20 heavy (non-hydrogen) atoms. The SMILES string of the molecule is Oc1ccc(CNc2cccnc2-n2cncn2)cc1. The molecule has 0 aliphatic carbocycles. The lowest BCUT2D eigenvalue weighted by Crippen LogP contribution is -2.06. The van der Waals surface area contributed by atoms with E-state index in [0.717, 1.165) is 11.3 Å². The first-order chi connectivity index (χ1) is 9.83. The number of nitrogens with zero attached hydrogens (tertiary/aromatic N) is 4. The van der Waals surface area contributed by atoms with Crippen LogP contribution >= 0.6 is 0 Å². The summed E-state index contributed by atoms with van der Waals surface area (Å²) < 4.78 is 1.61. The molecule has 0 bridgehead atoms. The zero-order chi connectivity index (χ0) is 13.8. The Morgan fingerprint density at radius 3 is 2.75 bits per heavy atom. The Labute approximate surface area is 115 Å². The van der Waals surface area contributed by atoms with E-state index >= 15 is 0 Å². The summed E-state index contributed by atoms with van der Waals surface area (Å²) in [5.41, 5.74) is 1.93. The number of pyridine rings is 1. The molecular formula is C14H13N5O. The summed E-state index contributed by atoms with van der Waals surface area (Å²) in [6, 6.07) is 10.9. The average Bonchev–Trinajstić information content (AvgIpc) is 3.01. The van der Waals surface area contributed by atoms with Crippen LogP contribution in [-0.2, 0) is 6.54 Å². The van der Waals surface area contributed by atoms with Gasteiger partial charge in [0.05, 0.1) is 5.69 Å². The zero-order valence-corrected chi connectivity index (χ0v) is 10.6. The average molecular weight is 267 g/mol. The molecular weight excluding hydrogens is 254 g/mol. The van der Waals surface area contributed by atoms with Crippen molar-refractivity contribution < 1.29 is 5.11 Å². The molecule has 100 valence electrons. The van der Waals surface area contributed by atoms with E-state index in [-0.39, 0.29) is 5.75 Å². The minimum absolute atomic E-state index is 0.262. The predicted molar refractivity (Wildman–Crippen MR) is 74.6 cm³/mol. The molecule has 3 aromatic rings. The summed E-state index contributed by atoms with van der Waals surface area (Å²) in [4.78, 5) is 8.23. The third-order valence-electron chi connectivity index (χ3n) is 2.84. The van der Waals surface area contributed by atoms with E-state index in [4.69, 9.17) is 0 Å². The van der Waals surface area contributed by atoms with Crippen LogP contribution in [0.25, 0.3) is 5.82 Å². The van der Waals surface area contributed by atoms with Crippen LogP contribution in [-0.4, -0.2) is 24.9 Å². The number of rotatable bonds is 4. The van der Waals surface area contributed by atoms with Crippen LogP contribution in [0.5, 0.6) is 5.75 Å². The molecule has 6 heteroatoms. The number of hydrogen-bond acceptors (Lipinski definition) is 5. The van der Waals surface area contributed by atoms with Crippen molar-refractivity contribution in [1.82, 2.24) is 19.7 Å². The van der Waals surface area contributed by atoms with Crippen LogP contribution in [0, 0.1) is 0 Å². The van der Waals surface area contributed by atoms with E-state index in [0.29, 0.717) is 12.4 Å². The Kier molecular flexibility index (Phi) is 3.28. The molecule has 0 amide bonds. The highest BCUT2D eigenvalue weighted by Crippen LogP contribution is 2.17. The van der Waals surface area contributed by atoms with Crippen molar-refractivity contribution in [2.24, 2.45) is 0 Å². The fourth-order valence-electron chi connectivity index (χ4n) is 1.85. The zero-order valence-electron chi connectivity index (χ0n) is 10.6. The van der Waals surface area contributed by atoms with Gasteiger partial charge in [-0.1, -0.05) is 12.1 Å². The fraction of sp³-hybridized carbons (Fsp3) is 0.0714. The van der Waals surface area contributed by atoms with Gasteiger partial charge in [0.2, 0.25) is 0 Å². The number of benzene rings is 1. The summed E-state index contributed by atoms with van der Waals surface area (Å²) in [6.45, 7) is 0.633. The number of phenols is 1. The quantitative estimate of drug-likeness (QED) is 0.756. The third kappa shape index (κ3) is 2.59. The van der Waals surface area contributed by atoms with Crippen LogP contribution in [0.3, 0.4) is 0 Å². The number of anilines is 1. The summed E-state index contributed by atoms with van der Waals surface area (Å²) in [5.74, 6) is 0.960. The molecule has 0 radical (unpaired) electrons. The Hall–Kier alpha value is -2.89. The second-order valence-corrected chi connectivity index (χ2v) is 4.23. The minimum atomic E-state index is 0.262. The lowest BCUT2D eigenvalue weighted by atomic mass is 10.2. The van der Waals surface area contributed by atoms with Crippen molar-refractivity contribution >= 4 is 5.69 Å². The maximum absolute atomic E-state index is 9.26. The van der Waals surface area contributed by atoms with Gasteiger partial charge in [-0.05, 0) is 29.8 Å². The van der Waals surface area contributed by atoms with Gasteiger partial charge in [0.15, 0.2) is 5.82 Å². The minimum Gasteiger partial charge on any atom is -0.508 e. The van der Waals surface area contributed by atoms with Crippen LogP contribution in [0.1, 0.15) is 5.56 Å². The maximum atomic E-state index is 9.26. The smallest absolute Gasteiger partial charge is 0.178 e. The van der Waals surface area contributed by atoms with Gasteiger partial charge < -0.3 is 10.4 Å². The Balaban J connectivity index is 1.79. The van der Waals surface area contributed by atoms with Gasteiger partial charge in [-0.3, -0.25) is 0 Å². The van der Waals surface area contributed by atoms with Gasteiger partial charge in [-0.25, -0.2) is 14.6 Å². The lowest BCUT2D eigenvalue weighted by Gasteiger charge is -2.10. The largest absolute Gasteiger partial charge is 0.508 e. The van der Waals surface area contributed by atoms with Gasteiger partial charge >= 0.3 is 0 Å². The van der Waals surface area contributed by atoms with Crippen LogP contribution in [0.15, 0.2) is 55.2 Å². The highest BCUT2D eigenvalue weighted by Gasteiger charge is 2.05. The highest BCUT2D eigenvalue weighted by atomic mass is 16.3. The maximum Gasteiger partial charge on any atom is 0.178 e. The summed E-state index contributed by atoms with van der Waals surface area (Å²) in [7, 11) is 0. The van der Waals surface area contributed by atoms with Gasteiger partial charge in [0.1, 0.15) is 18.4 Å². The molecule has 0 unspecified atom stereocenters. The normalized spacial score (nSPS) is 10.4. The topological polar surface area (TPSA) is 75.9 Å². The number of hydrogen-bond donors (Lipinski definition) is 2. The second-order valence-electron chi connectivity index (χ2n) is 4.23. The van der Waals surface area contributed by atoms with E-state index in [9.17, 15) is 5.11 Å². The molecule has 2 aromatic heterocycles. The Morgan fingerprint density at radius 1 is 1.15 bits per heavy atom. The summed E-state index contributed by atoms with van der Waals surface area (Å²) in [6.07, 6.45) is 4.79. The molecule has 3 rings (SSSR count). The molecule has 2 N–H and O–H groups in total. The van der Waals surface area contributed by atoms with Crippen LogP contribution < -0.4 is 5.32 Å². The van der Waals surface area contributed by atoms with Crippen molar-refractivity contribution in [1.29, 1.82) is 0 Å². The molecule has 0 aliphatic rings. The second kappa shape index (κ2) is 5.40. The van der Waals surface area contributed by atoms with Crippen molar-refractivity contribution in [3.8, 4) is 11.6 Å². The van der Waals surface area contributed by atoms with Gasteiger partial charge in [-0.15, -0.1) is 0 Å². The summed E-state index contributed by atoms with van der Waals surface area (Å²) >= 11 is 0. The molecule has 0 aliphatic heterocycles. The number of phenolic OH excluding ortho intramolecular Hbond substituents is 1. The molecule has 1 aromatic carbocycles. The van der Waals surface area contributed by atoms with Crippen molar-refractivity contribution in [3.05, 3.63) is 60.8 Å². The van der Waals surface area contributed by atoms with Crippen molar-refractivity contribution in [2.45, 2.75) is 6.54 Å². The number of nitrogens with one attached hydrogen (secondary N) is 1. The van der Waals surface area contributed by atoms with Crippen molar-refractivity contribution in [3.63, 3.8) is 0 Å². The van der Waals surface area contributed by atoms with Crippen molar-refractivity contribution in [2.75, 3.05) is 5.32 Å². The van der Waals surface area contributed by atoms with E-state index in [2.05, 4.69) is 20.4 Å². The monoisotopic (exact) mass is 267 g/mol. The molecule has 0 atom stereocenters. The molecule has 0 fully saturated rings. The van der Waals surface area contributed by atoms with E-state index in [1.807, 2.05) is 24.3 Å². The third-order valence-corrected chi connectivity index (χ3v) is 2.84. The van der Waals surface area contributed by atoms with Gasteiger partial charge in [0, 0.05) is 12.7 Å². The van der Waals surface area contributed by atoms with Gasteiger partial charge in [-0.2, -0.15) is 5.10 Å². The first-order valence-electron chi connectivity index (χ1n) is 6.15. The van der Waals surface area contributed by atoms with Crippen LogP contribution in [0.2, 0.25) is 0 Å². The van der Waals surface area contributed by atoms with E-state index < -0.39 is 0 Å².